The molecule has 2 nitrogen and oxygen atoms in total. The van der Waals surface area contributed by atoms with Crippen LogP contribution in [-0.2, 0) is 4.79 Å². The Kier molecular flexibility index (Phi) is 18.7. The van der Waals surface area contributed by atoms with Gasteiger partial charge in [0, 0.05) is 6.42 Å². The van der Waals surface area contributed by atoms with Gasteiger partial charge in [0.2, 0.25) is 0 Å². The molecule has 0 spiro atoms. The zero-order valence-corrected chi connectivity index (χ0v) is 15.9. The second-order valence-electron chi connectivity index (χ2n) is 6.08. The fourth-order valence-electron chi connectivity index (χ4n) is 2.20. The third-order valence-electron chi connectivity index (χ3n) is 3.64. The Morgan fingerprint density at radius 2 is 1.08 bits per heavy atom. The van der Waals surface area contributed by atoms with Crippen molar-refractivity contribution >= 4 is 5.97 Å². The molecule has 140 valence electrons. The quantitative estimate of drug-likeness (QED) is 0.238. The Morgan fingerprint density at radius 3 is 1.52 bits per heavy atom. The lowest BCUT2D eigenvalue weighted by Crippen LogP contribution is -1.93. The van der Waals surface area contributed by atoms with Crippen LogP contribution in [0.1, 0.15) is 77.6 Å². The summed E-state index contributed by atoms with van der Waals surface area (Å²) < 4.78 is 0. The molecule has 0 aromatic carbocycles. The van der Waals surface area contributed by atoms with Gasteiger partial charge in [0.15, 0.2) is 0 Å². The molecule has 0 heterocycles. The van der Waals surface area contributed by atoms with Gasteiger partial charge in [-0.25, -0.2) is 0 Å². The third kappa shape index (κ3) is 22.2. The van der Waals surface area contributed by atoms with Gasteiger partial charge >= 0.3 is 5.97 Å². The van der Waals surface area contributed by atoms with Gasteiger partial charge in [-0.3, -0.25) is 4.79 Å². The number of aliphatic carboxylic acids is 1. The monoisotopic (exact) mass is 344 g/mol. The van der Waals surface area contributed by atoms with Gasteiger partial charge in [-0.1, -0.05) is 80.5 Å². The highest BCUT2D eigenvalue weighted by molar-refractivity contribution is 5.66. The van der Waals surface area contributed by atoms with E-state index in [1.807, 2.05) is 0 Å². The lowest BCUT2D eigenvalue weighted by atomic mass is 10.1. The van der Waals surface area contributed by atoms with E-state index >= 15 is 0 Å². The number of hydrogen-bond acceptors (Lipinski definition) is 1. The van der Waals surface area contributed by atoms with Gasteiger partial charge in [0.25, 0.3) is 0 Å². The Labute approximate surface area is 154 Å². The van der Waals surface area contributed by atoms with E-state index in [0.717, 1.165) is 51.4 Å². The Bertz CT molecular complexity index is 439. The van der Waals surface area contributed by atoms with Crippen molar-refractivity contribution in [1.29, 1.82) is 0 Å². The summed E-state index contributed by atoms with van der Waals surface area (Å²) in [6, 6.07) is 0. The summed E-state index contributed by atoms with van der Waals surface area (Å²) in [5.41, 5.74) is 0. The summed E-state index contributed by atoms with van der Waals surface area (Å²) in [5.74, 6) is -0.690. The summed E-state index contributed by atoms with van der Waals surface area (Å²) in [4.78, 5) is 10.4. The number of carbonyl (C=O) groups is 1. The molecule has 0 fully saturated rings. The van der Waals surface area contributed by atoms with E-state index in [9.17, 15) is 4.79 Å². The van der Waals surface area contributed by atoms with E-state index in [4.69, 9.17) is 5.11 Å². The van der Waals surface area contributed by atoms with Gasteiger partial charge in [0.05, 0.1) is 0 Å². The maximum absolute atomic E-state index is 10.4. The molecule has 0 aliphatic carbocycles. The topological polar surface area (TPSA) is 37.3 Å². The normalized spacial score (nSPS) is 12.7. The van der Waals surface area contributed by atoms with E-state index in [2.05, 4.69) is 67.7 Å². The average Bonchev–Trinajstić information content (AvgIpc) is 2.60. The first kappa shape index (κ1) is 23.2. The van der Waals surface area contributed by atoms with Crippen molar-refractivity contribution in [3.05, 3.63) is 60.8 Å². The second kappa shape index (κ2) is 20.2. The zero-order chi connectivity index (χ0) is 18.4. The summed E-state index contributed by atoms with van der Waals surface area (Å²) >= 11 is 0. The SMILES string of the molecule is CCC/C=C\C/C=C\C/C=C\C/C=C\C/C=C\CCCCCC(=O)O. The van der Waals surface area contributed by atoms with E-state index in [0.29, 0.717) is 6.42 Å². The minimum atomic E-state index is -0.690. The molecule has 0 rings (SSSR count). The molecule has 2 heteroatoms. The molecule has 0 aromatic heterocycles. The lowest BCUT2D eigenvalue weighted by Gasteiger charge is -1.94. The smallest absolute Gasteiger partial charge is 0.303 e. The van der Waals surface area contributed by atoms with Crippen LogP contribution in [-0.4, -0.2) is 11.1 Å². The molecule has 0 aromatic rings. The minimum Gasteiger partial charge on any atom is -0.481 e. The summed E-state index contributed by atoms with van der Waals surface area (Å²) in [6.45, 7) is 2.20. The summed E-state index contributed by atoms with van der Waals surface area (Å²) in [7, 11) is 0. The first-order valence-electron chi connectivity index (χ1n) is 9.74. The van der Waals surface area contributed by atoms with Crippen LogP contribution in [0.2, 0.25) is 0 Å². The van der Waals surface area contributed by atoms with Crippen molar-refractivity contribution in [3.63, 3.8) is 0 Å². The average molecular weight is 345 g/mol. The molecule has 0 radical (unpaired) electrons. The molecule has 25 heavy (non-hydrogen) atoms. The fourth-order valence-corrected chi connectivity index (χ4v) is 2.20. The molecular weight excluding hydrogens is 308 g/mol. The van der Waals surface area contributed by atoms with E-state index in [-0.39, 0.29) is 0 Å². The lowest BCUT2D eigenvalue weighted by molar-refractivity contribution is -0.137. The predicted molar refractivity (Wildman–Crippen MR) is 110 cm³/mol. The van der Waals surface area contributed by atoms with Crippen LogP contribution in [0.3, 0.4) is 0 Å². The van der Waals surface area contributed by atoms with Crippen molar-refractivity contribution in [2.24, 2.45) is 0 Å². The van der Waals surface area contributed by atoms with Gasteiger partial charge in [0.1, 0.15) is 0 Å². The molecule has 1 N–H and O–H groups in total. The highest BCUT2D eigenvalue weighted by Gasteiger charge is 1.94. The number of hydrogen-bond donors (Lipinski definition) is 1. The number of unbranched alkanes of at least 4 members (excludes halogenated alkanes) is 4. The van der Waals surface area contributed by atoms with Crippen LogP contribution >= 0.6 is 0 Å². The van der Waals surface area contributed by atoms with Gasteiger partial charge in [-0.05, 0) is 51.4 Å². The first-order valence-corrected chi connectivity index (χ1v) is 9.74. The highest BCUT2D eigenvalue weighted by Crippen LogP contribution is 2.04. The molecule has 0 unspecified atom stereocenters. The van der Waals surface area contributed by atoms with Crippen molar-refractivity contribution in [1.82, 2.24) is 0 Å². The Balaban J connectivity index is 3.43. The predicted octanol–water partition coefficient (Wildman–Crippen LogP) is 7.16. The molecule has 0 aliphatic heterocycles. The van der Waals surface area contributed by atoms with E-state index in [1.54, 1.807) is 0 Å². The molecule has 0 saturated carbocycles. The Morgan fingerprint density at radius 1 is 0.640 bits per heavy atom. The van der Waals surface area contributed by atoms with E-state index < -0.39 is 5.97 Å². The molecule has 0 amide bonds. The Hall–Kier alpha value is -1.83. The minimum absolute atomic E-state index is 0.297. The largest absolute Gasteiger partial charge is 0.481 e. The fraction of sp³-hybridized carbons (Fsp3) is 0.522. The standard InChI is InChI=1S/C23H36O2/c1-2-3-4-5-6-7-8-9-10-11-12-13-14-15-16-17-18-19-20-21-22-23(24)25/h4-5,7-8,10-11,13-14,16-17H,2-3,6,9,12,15,18-22H2,1H3,(H,24,25)/b5-4-,8-7-,11-10-,14-13-,17-16-. The maximum atomic E-state index is 10.4. The third-order valence-corrected chi connectivity index (χ3v) is 3.64. The van der Waals surface area contributed by atoms with Crippen molar-refractivity contribution in [2.45, 2.75) is 77.6 Å². The highest BCUT2D eigenvalue weighted by atomic mass is 16.4. The van der Waals surface area contributed by atoms with Gasteiger partial charge < -0.3 is 5.11 Å². The van der Waals surface area contributed by atoms with Crippen molar-refractivity contribution in [3.8, 4) is 0 Å². The molecule has 0 aliphatic rings. The van der Waals surface area contributed by atoms with Crippen LogP contribution in [0.15, 0.2) is 60.8 Å². The molecule has 0 saturated heterocycles. The van der Waals surface area contributed by atoms with Crippen LogP contribution in [0.4, 0.5) is 0 Å². The molecule has 0 atom stereocenters. The van der Waals surface area contributed by atoms with Gasteiger partial charge in [-0.15, -0.1) is 0 Å². The number of carboxylic acid groups (broad SMARTS) is 1. The summed E-state index contributed by atoms with van der Waals surface area (Å²) in [5, 5.41) is 8.53. The number of carboxylic acids is 1. The van der Waals surface area contributed by atoms with Crippen LogP contribution in [0.25, 0.3) is 0 Å². The van der Waals surface area contributed by atoms with E-state index in [1.165, 1.54) is 12.8 Å². The van der Waals surface area contributed by atoms with Crippen molar-refractivity contribution in [2.75, 3.05) is 0 Å². The summed E-state index contributed by atoms with van der Waals surface area (Å²) in [6.07, 6.45) is 32.8. The zero-order valence-electron chi connectivity index (χ0n) is 15.9. The molecule has 0 bridgehead atoms. The first-order chi connectivity index (χ1) is 12.3. The van der Waals surface area contributed by atoms with Crippen LogP contribution < -0.4 is 0 Å². The maximum Gasteiger partial charge on any atom is 0.303 e. The van der Waals surface area contributed by atoms with Crippen LogP contribution in [0, 0.1) is 0 Å². The second-order valence-corrected chi connectivity index (χ2v) is 6.08. The molecular formula is C23H36O2. The van der Waals surface area contributed by atoms with Gasteiger partial charge in [-0.2, -0.15) is 0 Å². The number of rotatable bonds is 16. The number of allylic oxidation sites excluding steroid dienone is 10. The van der Waals surface area contributed by atoms with Crippen LogP contribution in [0.5, 0.6) is 0 Å². The van der Waals surface area contributed by atoms with Crippen molar-refractivity contribution < 1.29 is 9.90 Å².